The molecule has 1 fully saturated rings. The van der Waals surface area contributed by atoms with Crippen LogP contribution >= 0.6 is 0 Å². The SMILES string of the molecule is COC(=O)C(C(=O)OC1CCCCC1)(C(C)C)C(C)C. The molecule has 0 amide bonds. The molecule has 0 aromatic carbocycles. The zero-order valence-electron chi connectivity index (χ0n) is 13.4. The van der Waals surface area contributed by atoms with Crippen LogP contribution in [-0.4, -0.2) is 25.2 Å². The number of hydrogen-bond donors (Lipinski definition) is 0. The molecule has 0 radical (unpaired) electrons. The van der Waals surface area contributed by atoms with Crippen LogP contribution in [0.25, 0.3) is 0 Å². The first kappa shape index (κ1) is 17.0. The topological polar surface area (TPSA) is 52.6 Å². The summed E-state index contributed by atoms with van der Waals surface area (Å²) in [6.07, 6.45) is 5.14. The Hall–Kier alpha value is -1.06. The molecular formula is C16H28O4. The van der Waals surface area contributed by atoms with Gasteiger partial charge in [0, 0.05) is 0 Å². The maximum Gasteiger partial charge on any atom is 0.324 e. The zero-order valence-corrected chi connectivity index (χ0v) is 13.4. The van der Waals surface area contributed by atoms with E-state index in [2.05, 4.69) is 0 Å². The fraction of sp³-hybridized carbons (Fsp3) is 0.875. The van der Waals surface area contributed by atoms with Crippen molar-refractivity contribution < 1.29 is 19.1 Å². The third-order valence-corrected chi connectivity index (χ3v) is 4.51. The quantitative estimate of drug-likeness (QED) is 0.574. The summed E-state index contributed by atoms with van der Waals surface area (Å²) in [6.45, 7) is 7.50. The summed E-state index contributed by atoms with van der Waals surface area (Å²) in [4.78, 5) is 25.0. The second kappa shape index (κ2) is 7.09. The Kier molecular flexibility index (Phi) is 6.03. The highest BCUT2D eigenvalue weighted by Crippen LogP contribution is 2.39. The summed E-state index contributed by atoms with van der Waals surface area (Å²) in [5.74, 6) is -1.22. The smallest absolute Gasteiger partial charge is 0.324 e. The Morgan fingerprint density at radius 1 is 0.950 bits per heavy atom. The summed E-state index contributed by atoms with van der Waals surface area (Å²) in [5, 5.41) is 0. The first-order chi connectivity index (χ1) is 9.37. The van der Waals surface area contributed by atoms with Crippen molar-refractivity contribution in [2.45, 2.75) is 65.9 Å². The lowest BCUT2D eigenvalue weighted by Gasteiger charge is -2.37. The van der Waals surface area contributed by atoms with E-state index in [0.717, 1.165) is 25.7 Å². The van der Waals surface area contributed by atoms with Crippen LogP contribution in [0.5, 0.6) is 0 Å². The fourth-order valence-electron chi connectivity index (χ4n) is 3.29. The minimum Gasteiger partial charge on any atom is -0.468 e. The van der Waals surface area contributed by atoms with E-state index in [1.165, 1.54) is 13.5 Å². The van der Waals surface area contributed by atoms with Crippen molar-refractivity contribution in [3.63, 3.8) is 0 Å². The molecule has 1 aliphatic carbocycles. The molecule has 1 rings (SSSR count). The van der Waals surface area contributed by atoms with Gasteiger partial charge < -0.3 is 9.47 Å². The number of hydrogen-bond acceptors (Lipinski definition) is 4. The Morgan fingerprint density at radius 2 is 1.45 bits per heavy atom. The number of carbonyl (C=O) groups is 2. The van der Waals surface area contributed by atoms with Crippen LogP contribution in [0.4, 0.5) is 0 Å². The lowest BCUT2D eigenvalue weighted by Crippen LogP contribution is -2.50. The van der Waals surface area contributed by atoms with Crippen molar-refractivity contribution in [1.82, 2.24) is 0 Å². The van der Waals surface area contributed by atoms with Gasteiger partial charge in [0.05, 0.1) is 7.11 Å². The molecule has 0 N–H and O–H groups in total. The minimum absolute atomic E-state index is 0.0437. The predicted octanol–water partition coefficient (Wildman–Crippen LogP) is 3.33. The lowest BCUT2D eigenvalue weighted by atomic mass is 9.68. The molecule has 0 aromatic heterocycles. The number of esters is 2. The van der Waals surface area contributed by atoms with E-state index in [0.29, 0.717) is 0 Å². The highest BCUT2D eigenvalue weighted by Gasteiger charge is 2.54. The van der Waals surface area contributed by atoms with Crippen molar-refractivity contribution in [1.29, 1.82) is 0 Å². The maximum atomic E-state index is 12.7. The number of methoxy groups -OCH3 is 1. The highest BCUT2D eigenvalue weighted by atomic mass is 16.6. The highest BCUT2D eigenvalue weighted by molar-refractivity contribution is 6.00. The predicted molar refractivity (Wildman–Crippen MR) is 77.1 cm³/mol. The molecule has 1 saturated carbocycles. The summed E-state index contributed by atoms with van der Waals surface area (Å²) in [7, 11) is 1.33. The van der Waals surface area contributed by atoms with Crippen LogP contribution in [0.15, 0.2) is 0 Å². The number of carbonyl (C=O) groups excluding carboxylic acids is 2. The van der Waals surface area contributed by atoms with Gasteiger partial charge >= 0.3 is 11.9 Å². The summed E-state index contributed by atoms with van der Waals surface area (Å²) in [5.41, 5.74) is -1.20. The van der Waals surface area contributed by atoms with Crippen molar-refractivity contribution in [2.24, 2.45) is 17.3 Å². The summed E-state index contributed by atoms with van der Waals surface area (Å²) < 4.78 is 10.6. The van der Waals surface area contributed by atoms with Crippen LogP contribution in [0.3, 0.4) is 0 Å². The van der Waals surface area contributed by atoms with Crippen LogP contribution in [-0.2, 0) is 19.1 Å². The third kappa shape index (κ3) is 3.15. The standard InChI is InChI=1S/C16H28O4/c1-11(2)16(12(3)4,14(17)19-5)15(18)20-13-9-7-6-8-10-13/h11-13H,6-10H2,1-5H3. The lowest BCUT2D eigenvalue weighted by molar-refractivity contribution is -0.183. The van der Waals surface area contributed by atoms with E-state index >= 15 is 0 Å². The number of ether oxygens (including phenoxy) is 2. The van der Waals surface area contributed by atoms with Gasteiger partial charge in [-0.2, -0.15) is 0 Å². The van der Waals surface area contributed by atoms with Crippen molar-refractivity contribution in [3.8, 4) is 0 Å². The van der Waals surface area contributed by atoms with Crippen LogP contribution < -0.4 is 0 Å². The van der Waals surface area contributed by atoms with Gasteiger partial charge in [-0.1, -0.05) is 34.1 Å². The van der Waals surface area contributed by atoms with Crippen molar-refractivity contribution in [3.05, 3.63) is 0 Å². The minimum atomic E-state index is -1.20. The van der Waals surface area contributed by atoms with E-state index < -0.39 is 17.4 Å². The second-order valence-electron chi connectivity index (χ2n) is 6.34. The van der Waals surface area contributed by atoms with Crippen LogP contribution in [0, 0.1) is 17.3 Å². The van der Waals surface area contributed by atoms with Gasteiger partial charge in [-0.15, -0.1) is 0 Å². The monoisotopic (exact) mass is 284 g/mol. The van der Waals surface area contributed by atoms with Crippen molar-refractivity contribution in [2.75, 3.05) is 7.11 Å². The molecule has 0 atom stereocenters. The summed E-state index contributed by atoms with van der Waals surface area (Å²) >= 11 is 0. The first-order valence-electron chi connectivity index (χ1n) is 7.66. The molecule has 116 valence electrons. The summed E-state index contributed by atoms with van der Waals surface area (Å²) in [6, 6.07) is 0. The third-order valence-electron chi connectivity index (χ3n) is 4.51. The van der Waals surface area contributed by atoms with Gasteiger partial charge in [0.2, 0.25) is 0 Å². The van der Waals surface area contributed by atoms with E-state index in [1.807, 2.05) is 27.7 Å². The van der Waals surface area contributed by atoms with Gasteiger partial charge in [0.25, 0.3) is 0 Å². The molecule has 0 bridgehead atoms. The molecule has 0 saturated heterocycles. The molecule has 0 aliphatic heterocycles. The normalized spacial score (nSPS) is 17.4. The Morgan fingerprint density at radius 3 is 1.85 bits per heavy atom. The molecule has 4 nitrogen and oxygen atoms in total. The molecule has 1 aliphatic rings. The van der Waals surface area contributed by atoms with Gasteiger partial charge in [-0.25, -0.2) is 0 Å². The van der Waals surface area contributed by atoms with Gasteiger partial charge in [-0.05, 0) is 37.5 Å². The molecule has 20 heavy (non-hydrogen) atoms. The molecule has 4 heteroatoms. The molecule has 0 heterocycles. The maximum absolute atomic E-state index is 12.7. The van der Waals surface area contributed by atoms with Crippen LogP contribution in [0.2, 0.25) is 0 Å². The molecule has 0 spiro atoms. The Balaban J connectivity index is 2.96. The van der Waals surface area contributed by atoms with Gasteiger partial charge in [0.15, 0.2) is 5.41 Å². The van der Waals surface area contributed by atoms with E-state index in [-0.39, 0.29) is 17.9 Å². The Bertz CT molecular complexity index is 332. The van der Waals surface area contributed by atoms with Crippen molar-refractivity contribution >= 4 is 11.9 Å². The molecule has 0 unspecified atom stereocenters. The molecule has 0 aromatic rings. The second-order valence-corrected chi connectivity index (χ2v) is 6.34. The average Bonchev–Trinajstić information content (AvgIpc) is 2.39. The largest absolute Gasteiger partial charge is 0.468 e. The number of rotatable bonds is 5. The average molecular weight is 284 g/mol. The van der Waals surface area contributed by atoms with Gasteiger partial charge in [0.1, 0.15) is 6.10 Å². The molecular weight excluding hydrogens is 256 g/mol. The van der Waals surface area contributed by atoms with E-state index in [9.17, 15) is 9.59 Å². The zero-order chi connectivity index (χ0) is 15.3. The fourth-order valence-corrected chi connectivity index (χ4v) is 3.29. The van der Waals surface area contributed by atoms with Gasteiger partial charge in [-0.3, -0.25) is 9.59 Å². The van der Waals surface area contributed by atoms with E-state index in [1.54, 1.807) is 0 Å². The Labute approximate surface area is 122 Å². The first-order valence-corrected chi connectivity index (χ1v) is 7.66. The van der Waals surface area contributed by atoms with Crippen LogP contribution in [0.1, 0.15) is 59.8 Å². The van der Waals surface area contributed by atoms with E-state index in [4.69, 9.17) is 9.47 Å².